The molecule has 1 aliphatic rings. The zero-order valence-corrected chi connectivity index (χ0v) is 14.5. The summed E-state index contributed by atoms with van der Waals surface area (Å²) in [6, 6.07) is 14.5. The summed E-state index contributed by atoms with van der Waals surface area (Å²) in [5.74, 6) is -0.0885. The molecule has 0 bridgehead atoms. The molecule has 1 saturated heterocycles. The lowest BCUT2D eigenvalue weighted by Gasteiger charge is -2.33. The molecule has 2 heterocycles. The van der Waals surface area contributed by atoms with Crippen LogP contribution in [0.1, 0.15) is 11.1 Å². The molecule has 0 radical (unpaired) electrons. The van der Waals surface area contributed by atoms with Crippen molar-refractivity contribution in [3.8, 4) is 0 Å². The molecule has 2 aromatic carbocycles. The number of rotatable bonds is 5. The Hall–Kier alpha value is -2.66. The van der Waals surface area contributed by atoms with Crippen molar-refractivity contribution in [2.75, 3.05) is 19.6 Å². The highest BCUT2D eigenvalue weighted by atomic mass is 19.1. The summed E-state index contributed by atoms with van der Waals surface area (Å²) in [4.78, 5) is 18.0. The monoisotopic (exact) mass is 351 g/mol. The third-order valence-corrected chi connectivity index (χ3v) is 5.06. The molecule has 1 aliphatic heterocycles. The summed E-state index contributed by atoms with van der Waals surface area (Å²) in [6.07, 6.45) is 3.42. The number of halogens is 1. The Bertz CT molecular complexity index is 903. The van der Waals surface area contributed by atoms with Gasteiger partial charge in [0.05, 0.1) is 6.04 Å². The van der Waals surface area contributed by atoms with Crippen LogP contribution in [0.3, 0.4) is 0 Å². The van der Waals surface area contributed by atoms with Crippen LogP contribution in [0.15, 0.2) is 54.7 Å². The Morgan fingerprint density at radius 3 is 2.77 bits per heavy atom. The number of H-pyrrole nitrogens is 1. The van der Waals surface area contributed by atoms with Gasteiger partial charge in [-0.3, -0.25) is 4.79 Å². The molecule has 1 aromatic heterocycles. The molecular formula is C21H22FN3O. The molecule has 1 amide bonds. The summed E-state index contributed by atoms with van der Waals surface area (Å²) in [5.41, 5.74) is 3.30. The summed E-state index contributed by atoms with van der Waals surface area (Å²) >= 11 is 0. The van der Waals surface area contributed by atoms with Gasteiger partial charge >= 0.3 is 0 Å². The molecule has 26 heavy (non-hydrogen) atoms. The number of amides is 1. The van der Waals surface area contributed by atoms with Gasteiger partial charge in [0.2, 0.25) is 5.91 Å². The summed E-state index contributed by atoms with van der Waals surface area (Å²) in [6.45, 7) is 2.17. The number of para-hydroxylation sites is 1. The number of benzene rings is 2. The number of hydrogen-bond acceptors (Lipinski definition) is 2. The number of nitrogens with one attached hydrogen (secondary N) is 2. The normalized spacial score (nSPS) is 17.8. The molecule has 4 rings (SSSR count). The van der Waals surface area contributed by atoms with E-state index >= 15 is 0 Å². The van der Waals surface area contributed by atoms with Crippen LogP contribution >= 0.6 is 0 Å². The lowest BCUT2D eigenvalue weighted by atomic mass is 10.0. The van der Waals surface area contributed by atoms with Gasteiger partial charge in [-0.15, -0.1) is 0 Å². The topological polar surface area (TPSA) is 48.1 Å². The van der Waals surface area contributed by atoms with Gasteiger partial charge in [-0.25, -0.2) is 4.39 Å². The minimum Gasteiger partial charge on any atom is -0.361 e. The highest BCUT2D eigenvalue weighted by Gasteiger charge is 2.28. The number of piperazine rings is 1. The number of nitrogens with zero attached hydrogens (tertiary/aromatic N) is 1. The van der Waals surface area contributed by atoms with Crippen LogP contribution in [0, 0.1) is 5.82 Å². The fourth-order valence-corrected chi connectivity index (χ4v) is 3.61. The van der Waals surface area contributed by atoms with E-state index < -0.39 is 0 Å². The van der Waals surface area contributed by atoms with Gasteiger partial charge in [0, 0.05) is 36.7 Å². The van der Waals surface area contributed by atoms with Gasteiger partial charge in [-0.1, -0.05) is 30.3 Å². The zero-order valence-electron chi connectivity index (χ0n) is 14.5. The van der Waals surface area contributed by atoms with Crippen LogP contribution < -0.4 is 5.32 Å². The van der Waals surface area contributed by atoms with Crippen LogP contribution in [0.4, 0.5) is 4.39 Å². The third kappa shape index (κ3) is 3.48. The van der Waals surface area contributed by atoms with E-state index in [2.05, 4.69) is 16.4 Å². The SMILES string of the molecule is O=C1C(Cc2c[nH]c3ccccc23)NCCN1CCc1ccc(F)cc1. The molecule has 3 aromatic rings. The average molecular weight is 351 g/mol. The predicted molar refractivity (Wildman–Crippen MR) is 100 cm³/mol. The van der Waals surface area contributed by atoms with E-state index in [1.807, 2.05) is 29.3 Å². The van der Waals surface area contributed by atoms with Gasteiger partial charge in [0.1, 0.15) is 5.82 Å². The van der Waals surface area contributed by atoms with Crippen molar-refractivity contribution in [1.82, 2.24) is 15.2 Å². The number of carbonyl (C=O) groups excluding carboxylic acids is 1. The summed E-state index contributed by atoms with van der Waals surface area (Å²) in [7, 11) is 0. The smallest absolute Gasteiger partial charge is 0.240 e. The first-order chi connectivity index (χ1) is 12.7. The lowest BCUT2D eigenvalue weighted by molar-refractivity contribution is -0.135. The largest absolute Gasteiger partial charge is 0.361 e. The molecule has 1 unspecified atom stereocenters. The van der Waals surface area contributed by atoms with Crippen molar-refractivity contribution in [2.45, 2.75) is 18.9 Å². The zero-order chi connectivity index (χ0) is 17.9. The fourth-order valence-electron chi connectivity index (χ4n) is 3.61. The lowest BCUT2D eigenvalue weighted by Crippen LogP contribution is -2.56. The Labute approximate surface area is 152 Å². The number of hydrogen-bond donors (Lipinski definition) is 2. The highest BCUT2D eigenvalue weighted by molar-refractivity contribution is 5.86. The standard InChI is InChI=1S/C21H22FN3O/c22-17-7-5-15(6-8-17)9-11-25-12-10-23-20(21(25)26)13-16-14-24-19-4-2-1-3-18(16)19/h1-8,14,20,23-24H,9-13H2. The van der Waals surface area contributed by atoms with Gasteiger partial charge in [0.25, 0.3) is 0 Å². The Morgan fingerprint density at radius 1 is 1.12 bits per heavy atom. The molecule has 2 N–H and O–H groups in total. The molecular weight excluding hydrogens is 329 g/mol. The summed E-state index contributed by atoms with van der Waals surface area (Å²) < 4.78 is 13.0. The molecule has 1 fully saturated rings. The maximum atomic E-state index is 13.0. The van der Waals surface area contributed by atoms with Crippen LogP contribution in [0.25, 0.3) is 10.9 Å². The minimum atomic E-state index is -0.231. The van der Waals surface area contributed by atoms with Crippen molar-refractivity contribution in [3.63, 3.8) is 0 Å². The Kier molecular flexibility index (Phi) is 4.71. The van der Waals surface area contributed by atoms with E-state index in [1.54, 1.807) is 12.1 Å². The molecule has 0 spiro atoms. The van der Waals surface area contributed by atoms with Gasteiger partial charge in [-0.2, -0.15) is 0 Å². The minimum absolute atomic E-state index is 0.142. The first-order valence-corrected chi connectivity index (χ1v) is 9.02. The van der Waals surface area contributed by atoms with Gasteiger partial charge in [0.15, 0.2) is 0 Å². The molecule has 134 valence electrons. The number of carbonyl (C=O) groups is 1. The van der Waals surface area contributed by atoms with E-state index in [0.29, 0.717) is 19.5 Å². The van der Waals surface area contributed by atoms with Crippen LogP contribution in [0.2, 0.25) is 0 Å². The fraction of sp³-hybridized carbons (Fsp3) is 0.286. The van der Waals surface area contributed by atoms with E-state index in [4.69, 9.17) is 0 Å². The second-order valence-electron chi connectivity index (χ2n) is 6.77. The maximum Gasteiger partial charge on any atom is 0.240 e. The Balaban J connectivity index is 1.41. The second kappa shape index (κ2) is 7.30. The van der Waals surface area contributed by atoms with Crippen molar-refractivity contribution in [3.05, 3.63) is 71.7 Å². The number of aromatic amines is 1. The van der Waals surface area contributed by atoms with E-state index in [9.17, 15) is 9.18 Å². The second-order valence-corrected chi connectivity index (χ2v) is 6.77. The van der Waals surface area contributed by atoms with Gasteiger partial charge in [-0.05, 0) is 42.2 Å². The van der Waals surface area contributed by atoms with Crippen LogP contribution in [-0.2, 0) is 17.6 Å². The van der Waals surface area contributed by atoms with Crippen LogP contribution in [-0.4, -0.2) is 41.5 Å². The van der Waals surface area contributed by atoms with Crippen molar-refractivity contribution < 1.29 is 9.18 Å². The molecule has 5 heteroatoms. The predicted octanol–water partition coefficient (Wildman–Crippen LogP) is 2.89. The third-order valence-electron chi connectivity index (χ3n) is 5.06. The molecule has 0 saturated carbocycles. The van der Waals surface area contributed by atoms with Crippen molar-refractivity contribution in [2.24, 2.45) is 0 Å². The Morgan fingerprint density at radius 2 is 1.92 bits per heavy atom. The average Bonchev–Trinajstić information content (AvgIpc) is 3.07. The highest BCUT2D eigenvalue weighted by Crippen LogP contribution is 2.20. The van der Waals surface area contributed by atoms with Crippen molar-refractivity contribution in [1.29, 1.82) is 0 Å². The van der Waals surface area contributed by atoms with E-state index in [0.717, 1.165) is 29.6 Å². The number of fused-ring (bicyclic) bond motifs is 1. The maximum absolute atomic E-state index is 13.0. The van der Waals surface area contributed by atoms with Crippen LogP contribution in [0.5, 0.6) is 0 Å². The summed E-state index contributed by atoms with van der Waals surface area (Å²) in [5, 5.41) is 4.52. The quantitative estimate of drug-likeness (QED) is 0.743. The van der Waals surface area contributed by atoms with E-state index in [1.165, 1.54) is 17.5 Å². The molecule has 4 nitrogen and oxygen atoms in total. The van der Waals surface area contributed by atoms with E-state index in [-0.39, 0.29) is 17.8 Å². The molecule has 1 atom stereocenters. The first kappa shape index (κ1) is 16.8. The van der Waals surface area contributed by atoms with Crippen molar-refractivity contribution >= 4 is 16.8 Å². The van der Waals surface area contributed by atoms with Gasteiger partial charge < -0.3 is 15.2 Å². The number of aromatic nitrogens is 1. The first-order valence-electron chi connectivity index (χ1n) is 9.02. The molecule has 0 aliphatic carbocycles.